The van der Waals surface area contributed by atoms with Gasteiger partial charge in [-0.25, -0.2) is 14.0 Å². The van der Waals surface area contributed by atoms with Crippen molar-refractivity contribution in [3.8, 4) is 0 Å². The van der Waals surface area contributed by atoms with E-state index in [4.69, 9.17) is 14.9 Å². The van der Waals surface area contributed by atoms with Gasteiger partial charge in [0.05, 0.1) is 18.3 Å². The Hall–Kier alpha value is -3.14. The quantitative estimate of drug-likeness (QED) is 0.761. The molecule has 1 saturated heterocycles. The molecule has 10 heteroatoms. The summed E-state index contributed by atoms with van der Waals surface area (Å²) < 4.78 is 20.3. The van der Waals surface area contributed by atoms with Crippen molar-refractivity contribution in [3.05, 3.63) is 35.2 Å². The second-order valence-corrected chi connectivity index (χ2v) is 7.66. The van der Waals surface area contributed by atoms with E-state index in [0.29, 0.717) is 37.2 Å². The highest BCUT2D eigenvalue weighted by molar-refractivity contribution is 5.94. The second-order valence-electron chi connectivity index (χ2n) is 7.66. The average molecular weight is 419 g/mol. The van der Waals surface area contributed by atoms with Crippen LogP contribution in [0.2, 0.25) is 0 Å². The van der Waals surface area contributed by atoms with Crippen molar-refractivity contribution in [2.24, 2.45) is 0 Å². The molecule has 2 atom stereocenters. The minimum absolute atomic E-state index is 0.0332. The topological polar surface area (TPSA) is 111 Å². The molecule has 30 heavy (non-hydrogen) atoms. The molecule has 3 heterocycles. The van der Waals surface area contributed by atoms with E-state index in [-0.39, 0.29) is 18.5 Å². The first-order chi connectivity index (χ1) is 14.3. The Labute approximate surface area is 171 Å². The van der Waals surface area contributed by atoms with Gasteiger partial charge < -0.3 is 24.7 Å². The van der Waals surface area contributed by atoms with Crippen LogP contribution in [0.25, 0.3) is 5.57 Å². The zero-order valence-corrected chi connectivity index (χ0v) is 16.4. The van der Waals surface area contributed by atoms with E-state index in [1.165, 1.54) is 22.9 Å². The molecule has 160 valence electrons. The van der Waals surface area contributed by atoms with E-state index in [9.17, 15) is 18.8 Å². The first kappa shape index (κ1) is 20.1. The van der Waals surface area contributed by atoms with Crippen LogP contribution in [0.4, 0.5) is 19.7 Å². The maximum atomic E-state index is 14.9. The number of benzene rings is 1. The summed E-state index contributed by atoms with van der Waals surface area (Å²) in [6.07, 6.45) is 0.314. The summed E-state index contributed by atoms with van der Waals surface area (Å²) in [5.74, 6) is -0.835. The summed E-state index contributed by atoms with van der Waals surface area (Å²) in [6.45, 7) is 0.176. The van der Waals surface area contributed by atoms with Crippen LogP contribution in [0.15, 0.2) is 18.2 Å². The molecular weight excluding hydrogens is 397 g/mol. The summed E-state index contributed by atoms with van der Waals surface area (Å²) in [5, 5.41) is 18.1. The number of aliphatic hydroxyl groups excluding tert-OH is 1. The lowest BCUT2D eigenvalue weighted by atomic mass is 9.95. The fourth-order valence-corrected chi connectivity index (χ4v) is 4.28. The molecule has 9 nitrogen and oxygen atoms in total. The summed E-state index contributed by atoms with van der Waals surface area (Å²) in [5.41, 5.74) is 2.44. The number of likely N-dealkylation sites (N-methyl/N-ethyl adjacent to an activating group) is 1. The van der Waals surface area contributed by atoms with Crippen molar-refractivity contribution in [1.29, 1.82) is 0 Å². The van der Waals surface area contributed by atoms with Gasteiger partial charge in [-0.2, -0.15) is 0 Å². The van der Waals surface area contributed by atoms with Gasteiger partial charge in [-0.05, 0) is 36.1 Å². The molecule has 0 bridgehead atoms. The van der Waals surface area contributed by atoms with Gasteiger partial charge in [0, 0.05) is 25.7 Å². The van der Waals surface area contributed by atoms with Crippen LogP contribution in [-0.2, 0) is 16.0 Å². The lowest BCUT2D eigenvalue weighted by molar-refractivity contribution is -0.133. The largest absolute Gasteiger partial charge is 0.465 e. The van der Waals surface area contributed by atoms with Crippen LogP contribution in [0.5, 0.6) is 0 Å². The first-order valence-corrected chi connectivity index (χ1v) is 9.64. The maximum absolute atomic E-state index is 14.9. The van der Waals surface area contributed by atoms with Gasteiger partial charge in [0.2, 0.25) is 5.91 Å². The molecule has 3 aliphatic rings. The number of cyclic esters (lactones) is 1. The van der Waals surface area contributed by atoms with Crippen molar-refractivity contribution in [2.45, 2.75) is 25.0 Å². The second kappa shape index (κ2) is 7.60. The Balaban J connectivity index is 1.57. The van der Waals surface area contributed by atoms with E-state index in [1.807, 2.05) is 0 Å². The standard InChI is InChI=1S/C20H22FN3O6/c1-22(19(27)28)9-17-16-7-12-6-13(11-2-4-23(5-3-11)18(26)10-25)14(21)8-15(12)24(16)20(29)30-17/h2,6,8,16-17,25H,3-5,7,9-10H2,1H3,(H,27,28)/t16-,17-/m0/s1. The smallest absolute Gasteiger partial charge is 0.415 e. The summed E-state index contributed by atoms with van der Waals surface area (Å²) >= 11 is 0. The molecule has 0 aromatic heterocycles. The normalized spacial score (nSPS) is 22.4. The number of amides is 3. The zero-order valence-electron chi connectivity index (χ0n) is 16.4. The number of halogens is 1. The molecule has 0 spiro atoms. The van der Waals surface area contributed by atoms with Crippen molar-refractivity contribution in [3.63, 3.8) is 0 Å². The number of carbonyl (C=O) groups is 3. The molecule has 0 unspecified atom stereocenters. The van der Waals surface area contributed by atoms with E-state index in [1.54, 1.807) is 12.1 Å². The third-order valence-electron chi connectivity index (χ3n) is 5.89. The molecule has 3 aliphatic heterocycles. The molecular formula is C20H22FN3O6. The molecule has 1 fully saturated rings. The predicted octanol–water partition coefficient (Wildman–Crippen LogP) is 1.29. The Morgan fingerprint density at radius 2 is 2.13 bits per heavy atom. The van der Waals surface area contributed by atoms with Gasteiger partial charge in [-0.15, -0.1) is 0 Å². The van der Waals surface area contributed by atoms with Gasteiger partial charge in [0.25, 0.3) is 0 Å². The highest BCUT2D eigenvalue weighted by atomic mass is 19.1. The van der Waals surface area contributed by atoms with Gasteiger partial charge in [0.15, 0.2) is 0 Å². The molecule has 1 aromatic carbocycles. The fraction of sp³-hybridized carbons (Fsp3) is 0.450. The molecule has 0 radical (unpaired) electrons. The number of carboxylic acid groups (broad SMARTS) is 1. The highest BCUT2D eigenvalue weighted by Crippen LogP contribution is 2.41. The molecule has 2 N–H and O–H groups in total. The molecule has 1 aromatic rings. The number of aliphatic hydroxyl groups is 1. The molecule has 0 saturated carbocycles. The number of rotatable bonds is 4. The summed E-state index contributed by atoms with van der Waals surface area (Å²) in [6, 6.07) is 2.66. The lowest BCUT2D eigenvalue weighted by Gasteiger charge is -2.26. The maximum Gasteiger partial charge on any atom is 0.415 e. The molecule has 4 rings (SSSR count). The number of hydrogen-bond donors (Lipinski definition) is 2. The van der Waals surface area contributed by atoms with Crippen LogP contribution in [0.3, 0.4) is 0 Å². The van der Waals surface area contributed by atoms with Crippen LogP contribution < -0.4 is 4.90 Å². The van der Waals surface area contributed by atoms with Crippen LogP contribution in [0, 0.1) is 5.82 Å². The Morgan fingerprint density at radius 3 is 2.77 bits per heavy atom. The average Bonchev–Trinajstić information content (AvgIpc) is 3.24. The first-order valence-electron chi connectivity index (χ1n) is 9.64. The number of fused-ring (bicyclic) bond motifs is 3. The fourth-order valence-electron chi connectivity index (χ4n) is 4.28. The minimum Gasteiger partial charge on any atom is -0.465 e. The van der Waals surface area contributed by atoms with Crippen LogP contribution in [-0.4, -0.2) is 83.5 Å². The van der Waals surface area contributed by atoms with Gasteiger partial charge in [-0.1, -0.05) is 6.08 Å². The number of ether oxygens (including phenoxy) is 1. The van der Waals surface area contributed by atoms with E-state index in [0.717, 1.165) is 16.0 Å². The van der Waals surface area contributed by atoms with Crippen molar-refractivity contribution in [2.75, 3.05) is 38.2 Å². The third-order valence-corrected chi connectivity index (χ3v) is 5.89. The Morgan fingerprint density at radius 1 is 1.37 bits per heavy atom. The zero-order chi connectivity index (χ0) is 21.6. The summed E-state index contributed by atoms with van der Waals surface area (Å²) in [7, 11) is 1.40. The van der Waals surface area contributed by atoms with Crippen molar-refractivity contribution < 1.29 is 33.7 Å². The number of carbonyl (C=O) groups excluding carboxylic acids is 2. The van der Waals surface area contributed by atoms with Gasteiger partial charge in [-0.3, -0.25) is 9.69 Å². The predicted molar refractivity (Wildman–Crippen MR) is 104 cm³/mol. The van der Waals surface area contributed by atoms with E-state index >= 15 is 0 Å². The number of anilines is 1. The highest BCUT2D eigenvalue weighted by Gasteiger charge is 2.48. The molecule has 0 aliphatic carbocycles. The Kier molecular flexibility index (Phi) is 5.10. The number of nitrogens with zero attached hydrogens (tertiary/aromatic N) is 3. The van der Waals surface area contributed by atoms with Crippen molar-refractivity contribution >= 4 is 29.4 Å². The van der Waals surface area contributed by atoms with Crippen LogP contribution in [0.1, 0.15) is 17.5 Å². The monoisotopic (exact) mass is 419 g/mol. The minimum atomic E-state index is -1.12. The number of hydrogen-bond acceptors (Lipinski definition) is 5. The van der Waals surface area contributed by atoms with Crippen molar-refractivity contribution in [1.82, 2.24) is 9.80 Å². The lowest BCUT2D eigenvalue weighted by Crippen LogP contribution is -2.41. The van der Waals surface area contributed by atoms with Gasteiger partial charge >= 0.3 is 12.2 Å². The van der Waals surface area contributed by atoms with Gasteiger partial charge in [0.1, 0.15) is 18.5 Å². The van der Waals surface area contributed by atoms with E-state index < -0.39 is 30.7 Å². The third kappa shape index (κ3) is 3.36. The van der Waals surface area contributed by atoms with Crippen LogP contribution >= 0.6 is 0 Å². The van der Waals surface area contributed by atoms with E-state index in [2.05, 4.69) is 0 Å². The molecule has 3 amide bonds. The summed E-state index contributed by atoms with van der Waals surface area (Å²) in [4.78, 5) is 39.0. The Bertz CT molecular complexity index is 949. The SMILES string of the molecule is CN(C[C@@H]1OC(=O)N2c3cc(F)c(C4=CCN(C(=O)CO)CC4)cc3C[C@@H]12)C(=O)O.